The van der Waals surface area contributed by atoms with Gasteiger partial charge in [0.25, 0.3) is 0 Å². The summed E-state index contributed by atoms with van der Waals surface area (Å²) in [6.45, 7) is 2.18. The molecule has 3 nitrogen and oxygen atoms in total. The maximum Gasteiger partial charge on any atom is 0.235 e. The lowest BCUT2D eigenvalue weighted by Crippen LogP contribution is -2.33. The van der Waals surface area contributed by atoms with E-state index in [4.69, 9.17) is 4.74 Å². The molecule has 1 aliphatic rings. The molecule has 0 amide bonds. The van der Waals surface area contributed by atoms with Gasteiger partial charge in [0.1, 0.15) is 0 Å². The van der Waals surface area contributed by atoms with Crippen LogP contribution in [-0.4, -0.2) is 25.3 Å². The molecule has 3 atom stereocenters. The van der Waals surface area contributed by atoms with Gasteiger partial charge in [0.15, 0.2) is 0 Å². The number of isocyanates is 1. The molecule has 68 valence electrons. The van der Waals surface area contributed by atoms with Gasteiger partial charge in [-0.05, 0) is 25.2 Å². The van der Waals surface area contributed by atoms with Gasteiger partial charge in [-0.1, -0.05) is 6.92 Å². The Bertz CT molecular complexity index is 187. The lowest BCUT2D eigenvalue weighted by molar-refractivity contribution is 0.0431. The summed E-state index contributed by atoms with van der Waals surface area (Å²) in [6.07, 6.45) is 4.87. The Morgan fingerprint density at radius 1 is 1.50 bits per heavy atom. The van der Waals surface area contributed by atoms with Crippen molar-refractivity contribution < 1.29 is 9.53 Å². The molecule has 0 aliphatic heterocycles. The van der Waals surface area contributed by atoms with Crippen LogP contribution in [0.25, 0.3) is 0 Å². The molecule has 0 spiro atoms. The van der Waals surface area contributed by atoms with Crippen molar-refractivity contribution in [2.45, 2.75) is 38.3 Å². The molecule has 12 heavy (non-hydrogen) atoms. The van der Waals surface area contributed by atoms with E-state index in [0.717, 1.165) is 12.8 Å². The highest BCUT2D eigenvalue weighted by Gasteiger charge is 2.28. The van der Waals surface area contributed by atoms with E-state index in [1.54, 1.807) is 13.2 Å². The zero-order chi connectivity index (χ0) is 8.97. The van der Waals surface area contributed by atoms with E-state index in [1.165, 1.54) is 6.42 Å². The van der Waals surface area contributed by atoms with Crippen molar-refractivity contribution in [2.24, 2.45) is 10.9 Å². The monoisotopic (exact) mass is 169 g/mol. The van der Waals surface area contributed by atoms with Crippen molar-refractivity contribution in [2.75, 3.05) is 7.11 Å². The van der Waals surface area contributed by atoms with Gasteiger partial charge in [0, 0.05) is 7.11 Å². The second-order valence-electron chi connectivity index (χ2n) is 3.48. The molecule has 0 N–H and O–H groups in total. The average Bonchev–Trinajstić information content (AvgIpc) is 2.05. The van der Waals surface area contributed by atoms with Crippen LogP contribution in [0.15, 0.2) is 4.99 Å². The van der Waals surface area contributed by atoms with Gasteiger partial charge in [-0.15, -0.1) is 0 Å². The standard InChI is InChI=1S/C9H15NO2/c1-7-3-4-9(12-2)8(5-7)10-6-11/h7-9H,3-5H2,1-2H3. The minimum Gasteiger partial charge on any atom is -0.379 e. The normalized spacial score (nSPS) is 35.7. The van der Waals surface area contributed by atoms with E-state index >= 15 is 0 Å². The fourth-order valence-electron chi connectivity index (χ4n) is 1.80. The predicted octanol–water partition coefficient (Wildman–Crippen LogP) is 1.53. The van der Waals surface area contributed by atoms with Crippen LogP contribution in [0.5, 0.6) is 0 Å². The number of hydrogen-bond acceptors (Lipinski definition) is 3. The van der Waals surface area contributed by atoms with Crippen molar-refractivity contribution >= 4 is 6.08 Å². The van der Waals surface area contributed by atoms with Crippen LogP contribution in [0.4, 0.5) is 0 Å². The molecule has 3 heteroatoms. The van der Waals surface area contributed by atoms with Crippen LogP contribution < -0.4 is 0 Å². The maximum atomic E-state index is 10.1. The third-order valence-corrected chi connectivity index (χ3v) is 2.54. The minimum absolute atomic E-state index is 0.0382. The summed E-state index contributed by atoms with van der Waals surface area (Å²) < 4.78 is 5.23. The molecule has 3 unspecified atom stereocenters. The van der Waals surface area contributed by atoms with Crippen LogP contribution in [0.1, 0.15) is 26.2 Å². The van der Waals surface area contributed by atoms with Crippen LogP contribution in [0.3, 0.4) is 0 Å². The van der Waals surface area contributed by atoms with Gasteiger partial charge < -0.3 is 4.74 Å². The fraction of sp³-hybridized carbons (Fsp3) is 0.889. The van der Waals surface area contributed by atoms with Crippen molar-refractivity contribution in [1.82, 2.24) is 0 Å². The first-order valence-electron chi connectivity index (χ1n) is 4.37. The van der Waals surface area contributed by atoms with E-state index in [-0.39, 0.29) is 12.1 Å². The average molecular weight is 169 g/mol. The number of rotatable bonds is 2. The van der Waals surface area contributed by atoms with Gasteiger partial charge in [-0.2, -0.15) is 4.99 Å². The zero-order valence-electron chi connectivity index (χ0n) is 7.62. The van der Waals surface area contributed by atoms with Crippen LogP contribution >= 0.6 is 0 Å². The van der Waals surface area contributed by atoms with Crippen LogP contribution in [0, 0.1) is 5.92 Å². The summed E-state index contributed by atoms with van der Waals surface area (Å²) in [5.74, 6) is 0.651. The Hall–Kier alpha value is -0.660. The maximum absolute atomic E-state index is 10.1. The Kier molecular flexibility index (Phi) is 3.45. The second-order valence-corrected chi connectivity index (χ2v) is 3.48. The molecule has 0 radical (unpaired) electrons. The number of carbonyl (C=O) groups excluding carboxylic acids is 1. The SMILES string of the molecule is COC1CCC(C)CC1N=C=O. The largest absolute Gasteiger partial charge is 0.379 e. The van der Waals surface area contributed by atoms with Gasteiger partial charge in [-0.25, -0.2) is 4.79 Å². The summed E-state index contributed by atoms with van der Waals surface area (Å²) >= 11 is 0. The highest BCUT2D eigenvalue weighted by Crippen LogP contribution is 2.27. The van der Waals surface area contributed by atoms with Gasteiger partial charge in [0.2, 0.25) is 6.08 Å². The predicted molar refractivity (Wildman–Crippen MR) is 45.7 cm³/mol. The molecule has 0 aromatic rings. The first-order chi connectivity index (χ1) is 5.77. The number of aliphatic imine (C=N–C) groups is 1. The van der Waals surface area contributed by atoms with E-state index in [0.29, 0.717) is 5.92 Å². The molecule has 0 heterocycles. The first-order valence-corrected chi connectivity index (χ1v) is 4.37. The summed E-state index contributed by atoms with van der Waals surface area (Å²) in [7, 11) is 1.67. The molecular formula is C9H15NO2. The smallest absolute Gasteiger partial charge is 0.235 e. The van der Waals surface area contributed by atoms with E-state index in [2.05, 4.69) is 11.9 Å². The van der Waals surface area contributed by atoms with E-state index in [9.17, 15) is 4.79 Å². The van der Waals surface area contributed by atoms with E-state index in [1.807, 2.05) is 0 Å². The third-order valence-electron chi connectivity index (χ3n) is 2.54. The molecule has 0 saturated heterocycles. The molecule has 0 bridgehead atoms. The summed E-state index contributed by atoms with van der Waals surface area (Å²) in [5, 5.41) is 0. The lowest BCUT2D eigenvalue weighted by atomic mass is 9.85. The second kappa shape index (κ2) is 4.39. The molecule has 0 aromatic heterocycles. The topological polar surface area (TPSA) is 38.7 Å². The third kappa shape index (κ3) is 2.16. The number of methoxy groups -OCH3 is 1. The molecule has 1 saturated carbocycles. The fourth-order valence-corrected chi connectivity index (χ4v) is 1.80. The van der Waals surface area contributed by atoms with Crippen molar-refractivity contribution in [3.8, 4) is 0 Å². The first kappa shape index (κ1) is 9.43. The van der Waals surface area contributed by atoms with Gasteiger partial charge in [0.05, 0.1) is 12.1 Å². The molecular weight excluding hydrogens is 154 g/mol. The van der Waals surface area contributed by atoms with Crippen molar-refractivity contribution in [3.05, 3.63) is 0 Å². The molecule has 1 rings (SSSR count). The summed E-state index contributed by atoms with van der Waals surface area (Å²) in [5.41, 5.74) is 0. The highest BCUT2D eigenvalue weighted by atomic mass is 16.5. The Labute approximate surface area is 72.8 Å². The van der Waals surface area contributed by atoms with Gasteiger partial charge >= 0.3 is 0 Å². The quantitative estimate of drug-likeness (QED) is 0.464. The summed E-state index contributed by atoms with van der Waals surface area (Å²) in [6, 6.07) is 0.0382. The number of hydrogen-bond donors (Lipinski definition) is 0. The minimum atomic E-state index is 0.0382. The Balaban J connectivity index is 2.57. The highest BCUT2D eigenvalue weighted by molar-refractivity contribution is 5.33. The zero-order valence-corrected chi connectivity index (χ0v) is 7.62. The Morgan fingerprint density at radius 2 is 2.25 bits per heavy atom. The number of ether oxygens (including phenoxy) is 1. The molecule has 1 aliphatic carbocycles. The Morgan fingerprint density at radius 3 is 2.83 bits per heavy atom. The summed E-state index contributed by atoms with van der Waals surface area (Å²) in [4.78, 5) is 13.8. The van der Waals surface area contributed by atoms with E-state index < -0.39 is 0 Å². The molecule has 1 fully saturated rings. The number of nitrogens with zero attached hydrogens (tertiary/aromatic N) is 1. The van der Waals surface area contributed by atoms with Gasteiger partial charge in [-0.3, -0.25) is 0 Å². The van der Waals surface area contributed by atoms with Crippen LogP contribution in [-0.2, 0) is 9.53 Å². The van der Waals surface area contributed by atoms with Crippen molar-refractivity contribution in [1.29, 1.82) is 0 Å². The lowest BCUT2D eigenvalue weighted by Gasteiger charge is -2.30. The van der Waals surface area contributed by atoms with Crippen molar-refractivity contribution in [3.63, 3.8) is 0 Å². The molecule has 0 aromatic carbocycles. The van der Waals surface area contributed by atoms with Crippen LogP contribution in [0.2, 0.25) is 0 Å².